The monoisotopic (exact) mass is 126 g/mol. The molecule has 0 radical (unpaired) electrons. The number of nitrogens with zero attached hydrogens (tertiary/aromatic N) is 2. The third-order valence-electron chi connectivity index (χ3n) is 1.30. The summed E-state index contributed by atoms with van der Waals surface area (Å²) in [6.45, 7) is 0.438. The number of rotatable bonds is 1. The molecule has 0 saturated heterocycles. The lowest BCUT2D eigenvalue weighted by atomic mass is 10.6. The summed E-state index contributed by atoms with van der Waals surface area (Å²) < 4.78 is 1.76. The van der Waals surface area contributed by atoms with Crippen molar-refractivity contribution in [3.05, 3.63) is 12.0 Å². The van der Waals surface area contributed by atoms with Gasteiger partial charge in [0, 0.05) is 7.05 Å². The highest BCUT2D eigenvalue weighted by Gasteiger charge is 1.98. The Morgan fingerprint density at radius 1 is 1.78 bits per heavy atom. The summed E-state index contributed by atoms with van der Waals surface area (Å²) in [6, 6.07) is 0. The second-order valence-corrected chi connectivity index (χ2v) is 1.86. The predicted octanol–water partition coefficient (Wildman–Crippen LogP) is -0.539. The molecule has 50 valence electrons. The smallest absolute Gasteiger partial charge is 0.123 e. The standard InChI is InChI=1S/C5H10N4/c1-9-4(7)3-8-5(9)2-6/h3H,2,6-7H2,1H3. The van der Waals surface area contributed by atoms with Crippen LogP contribution in [-0.2, 0) is 13.6 Å². The Kier molecular flexibility index (Phi) is 1.40. The van der Waals surface area contributed by atoms with E-state index in [0.29, 0.717) is 12.4 Å². The number of aromatic nitrogens is 2. The van der Waals surface area contributed by atoms with Crippen molar-refractivity contribution in [2.45, 2.75) is 6.54 Å². The van der Waals surface area contributed by atoms with Crippen LogP contribution in [0.3, 0.4) is 0 Å². The lowest BCUT2D eigenvalue weighted by molar-refractivity contribution is 0.801. The van der Waals surface area contributed by atoms with E-state index in [2.05, 4.69) is 4.98 Å². The topological polar surface area (TPSA) is 69.9 Å². The number of imidazole rings is 1. The molecule has 4 nitrogen and oxygen atoms in total. The maximum absolute atomic E-state index is 5.46. The highest BCUT2D eigenvalue weighted by molar-refractivity contribution is 5.27. The van der Waals surface area contributed by atoms with Crippen LogP contribution in [0.15, 0.2) is 6.20 Å². The van der Waals surface area contributed by atoms with E-state index in [-0.39, 0.29) is 0 Å². The van der Waals surface area contributed by atoms with Crippen molar-refractivity contribution in [2.75, 3.05) is 5.73 Å². The van der Waals surface area contributed by atoms with Crippen molar-refractivity contribution < 1.29 is 0 Å². The van der Waals surface area contributed by atoms with Crippen LogP contribution in [0.4, 0.5) is 5.82 Å². The van der Waals surface area contributed by atoms with Crippen LogP contribution in [-0.4, -0.2) is 9.55 Å². The number of hydrogen-bond donors (Lipinski definition) is 2. The van der Waals surface area contributed by atoms with Crippen molar-refractivity contribution in [1.82, 2.24) is 9.55 Å². The number of hydrogen-bond acceptors (Lipinski definition) is 3. The minimum Gasteiger partial charge on any atom is -0.384 e. The van der Waals surface area contributed by atoms with Gasteiger partial charge in [0.1, 0.15) is 11.6 Å². The molecule has 0 aromatic carbocycles. The molecule has 0 fully saturated rings. The molecule has 0 unspecified atom stereocenters. The summed E-state index contributed by atoms with van der Waals surface area (Å²) >= 11 is 0. The Bertz CT molecular complexity index is 203. The van der Waals surface area contributed by atoms with Gasteiger partial charge in [-0.1, -0.05) is 0 Å². The van der Waals surface area contributed by atoms with Crippen molar-refractivity contribution in [2.24, 2.45) is 12.8 Å². The molecule has 0 atom stereocenters. The van der Waals surface area contributed by atoms with E-state index < -0.39 is 0 Å². The van der Waals surface area contributed by atoms with E-state index in [0.717, 1.165) is 5.82 Å². The zero-order valence-corrected chi connectivity index (χ0v) is 5.33. The maximum atomic E-state index is 5.46. The molecule has 1 aromatic rings. The Morgan fingerprint density at radius 3 is 2.67 bits per heavy atom. The van der Waals surface area contributed by atoms with Crippen LogP contribution in [0.1, 0.15) is 5.82 Å². The third kappa shape index (κ3) is 0.882. The van der Waals surface area contributed by atoms with Gasteiger partial charge in [-0.15, -0.1) is 0 Å². The van der Waals surface area contributed by atoms with Crippen LogP contribution in [0.5, 0.6) is 0 Å². The third-order valence-corrected chi connectivity index (χ3v) is 1.30. The van der Waals surface area contributed by atoms with Gasteiger partial charge in [0.25, 0.3) is 0 Å². The van der Waals surface area contributed by atoms with E-state index in [1.54, 1.807) is 10.8 Å². The first kappa shape index (κ1) is 6.10. The molecule has 0 aliphatic heterocycles. The lowest BCUT2D eigenvalue weighted by Gasteiger charge is -1.97. The number of nitrogens with two attached hydrogens (primary N) is 2. The Labute approximate surface area is 53.5 Å². The summed E-state index contributed by atoms with van der Waals surface area (Å²) in [5.41, 5.74) is 10.8. The second kappa shape index (κ2) is 2.06. The number of anilines is 1. The lowest BCUT2D eigenvalue weighted by Crippen LogP contribution is -2.06. The van der Waals surface area contributed by atoms with Crippen LogP contribution in [0.25, 0.3) is 0 Å². The van der Waals surface area contributed by atoms with Crippen LogP contribution < -0.4 is 11.5 Å². The van der Waals surface area contributed by atoms with Gasteiger partial charge < -0.3 is 16.0 Å². The van der Waals surface area contributed by atoms with E-state index in [9.17, 15) is 0 Å². The van der Waals surface area contributed by atoms with Gasteiger partial charge in [0.15, 0.2) is 0 Å². The fourth-order valence-corrected chi connectivity index (χ4v) is 0.653. The molecule has 0 spiro atoms. The quantitative estimate of drug-likeness (QED) is 0.531. The Balaban J connectivity index is 3.04. The van der Waals surface area contributed by atoms with Gasteiger partial charge in [-0.2, -0.15) is 0 Å². The van der Waals surface area contributed by atoms with E-state index in [1.165, 1.54) is 0 Å². The van der Waals surface area contributed by atoms with Crippen molar-refractivity contribution in [3.8, 4) is 0 Å². The average molecular weight is 126 g/mol. The van der Waals surface area contributed by atoms with Crippen molar-refractivity contribution in [3.63, 3.8) is 0 Å². The van der Waals surface area contributed by atoms with Gasteiger partial charge in [-0.05, 0) is 0 Å². The first-order chi connectivity index (χ1) is 4.25. The second-order valence-electron chi connectivity index (χ2n) is 1.86. The Morgan fingerprint density at radius 2 is 2.44 bits per heavy atom. The van der Waals surface area contributed by atoms with Gasteiger partial charge in [0.2, 0.25) is 0 Å². The fraction of sp³-hybridized carbons (Fsp3) is 0.400. The van der Waals surface area contributed by atoms with Gasteiger partial charge in [0.05, 0.1) is 12.7 Å². The SMILES string of the molecule is Cn1c(N)cnc1CN. The minimum atomic E-state index is 0.438. The molecule has 0 aliphatic carbocycles. The first-order valence-electron chi connectivity index (χ1n) is 2.72. The molecule has 0 bridgehead atoms. The van der Waals surface area contributed by atoms with Gasteiger partial charge in [-0.3, -0.25) is 0 Å². The molecular weight excluding hydrogens is 116 g/mol. The maximum Gasteiger partial charge on any atom is 0.123 e. The molecule has 4 N–H and O–H groups in total. The molecule has 0 aliphatic rings. The molecule has 4 heteroatoms. The van der Waals surface area contributed by atoms with Crippen LogP contribution in [0, 0.1) is 0 Å². The summed E-state index contributed by atoms with van der Waals surface area (Å²) in [5, 5.41) is 0. The summed E-state index contributed by atoms with van der Waals surface area (Å²) in [4.78, 5) is 3.95. The van der Waals surface area contributed by atoms with E-state index >= 15 is 0 Å². The summed E-state index contributed by atoms with van der Waals surface area (Å²) in [5.74, 6) is 1.46. The average Bonchev–Trinajstić information content (AvgIpc) is 2.15. The Hall–Kier alpha value is -1.03. The zero-order chi connectivity index (χ0) is 6.85. The normalized spacial score (nSPS) is 10.0. The summed E-state index contributed by atoms with van der Waals surface area (Å²) in [6.07, 6.45) is 1.60. The van der Waals surface area contributed by atoms with Crippen LogP contribution in [0.2, 0.25) is 0 Å². The molecule has 9 heavy (non-hydrogen) atoms. The number of nitrogen functional groups attached to an aromatic ring is 1. The largest absolute Gasteiger partial charge is 0.384 e. The van der Waals surface area contributed by atoms with Gasteiger partial charge in [-0.25, -0.2) is 4.98 Å². The van der Waals surface area contributed by atoms with Crippen molar-refractivity contribution in [1.29, 1.82) is 0 Å². The van der Waals surface area contributed by atoms with Crippen LogP contribution >= 0.6 is 0 Å². The van der Waals surface area contributed by atoms with Gasteiger partial charge >= 0.3 is 0 Å². The molecule has 0 saturated carbocycles. The molecule has 1 heterocycles. The first-order valence-corrected chi connectivity index (χ1v) is 2.72. The van der Waals surface area contributed by atoms with E-state index in [4.69, 9.17) is 11.5 Å². The highest BCUT2D eigenvalue weighted by Crippen LogP contribution is 2.01. The highest BCUT2D eigenvalue weighted by atomic mass is 15.1. The zero-order valence-electron chi connectivity index (χ0n) is 5.33. The molecule has 1 aromatic heterocycles. The molecular formula is C5H10N4. The van der Waals surface area contributed by atoms with Crippen molar-refractivity contribution >= 4 is 5.82 Å². The summed E-state index contributed by atoms with van der Waals surface area (Å²) in [7, 11) is 1.84. The minimum absolute atomic E-state index is 0.438. The van der Waals surface area contributed by atoms with E-state index in [1.807, 2.05) is 7.05 Å². The molecule has 0 amide bonds. The predicted molar refractivity (Wildman–Crippen MR) is 35.5 cm³/mol. The molecule has 1 rings (SSSR count). The fourth-order valence-electron chi connectivity index (χ4n) is 0.653.